The van der Waals surface area contributed by atoms with Gasteiger partial charge in [-0.05, 0) is 25.7 Å². The number of aliphatic carboxylic acids is 1. The Hall–Kier alpha value is -2.17. The molecule has 25 heavy (non-hydrogen) atoms. The van der Waals surface area contributed by atoms with Gasteiger partial charge >= 0.3 is 5.97 Å². The van der Waals surface area contributed by atoms with E-state index in [2.05, 4.69) is 13.0 Å². The molecule has 0 saturated carbocycles. The fraction of sp³-hybridized carbons (Fsp3) is 0.550. The van der Waals surface area contributed by atoms with Gasteiger partial charge in [0.2, 0.25) is 6.04 Å². The van der Waals surface area contributed by atoms with E-state index in [1.807, 2.05) is 18.2 Å². The molecule has 1 atom stereocenters. The molecule has 0 aromatic heterocycles. The van der Waals surface area contributed by atoms with E-state index in [4.69, 9.17) is 5.11 Å². The minimum Gasteiger partial charge on any atom is -0.478 e. The Bertz CT molecular complexity index is 478. The molecule has 0 fully saturated rings. The fourth-order valence-electron chi connectivity index (χ4n) is 2.37. The molecule has 0 amide bonds. The van der Waals surface area contributed by atoms with Crippen molar-refractivity contribution in [1.82, 2.24) is 0 Å². The van der Waals surface area contributed by atoms with Crippen molar-refractivity contribution in [2.75, 3.05) is 0 Å². The summed E-state index contributed by atoms with van der Waals surface area (Å²) in [6.07, 6.45) is 22.2. The molecule has 0 aromatic rings. The lowest BCUT2D eigenvalue weighted by atomic mass is 10.0. The molecule has 0 radical (unpaired) electrons. The van der Waals surface area contributed by atoms with E-state index in [1.54, 1.807) is 12.2 Å². The molecule has 0 bridgehead atoms. The van der Waals surface area contributed by atoms with Crippen molar-refractivity contribution in [3.05, 3.63) is 58.7 Å². The van der Waals surface area contributed by atoms with Crippen LogP contribution in [0.25, 0.3) is 0 Å². The van der Waals surface area contributed by atoms with Crippen molar-refractivity contribution in [2.24, 2.45) is 0 Å². The summed E-state index contributed by atoms with van der Waals surface area (Å²) in [4.78, 5) is 21.1. The van der Waals surface area contributed by atoms with Crippen LogP contribution in [0.4, 0.5) is 0 Å². The Balaban J connectivity index is 3.73. The second-order valence-corrected chi connectivity index (χ2v) is 5.97. The van der Waals surface area contributed by atoms with E-state index < -0.39 is 5.97 Å². The second kappa shape index (κ2) is 16.7. The first-order chi connectivity index (χ1) is 12.1. The predicted molar refractivity (Wildman–Crippen MR) is 102 cm³/mol. The number of allylic oxidation sites excluding steroid dienone is 7. The Kier molecular flexibility index (Phi) is 15.2. The smallest absolute Gasteiger partial charge is 0.328 e. The number of carbonyl (C=O) groups is 1. The first-order valence-electron chi connectivity index (χ1n) is 9.10. The molecule has 0 heterocycles. The summed E-state index contributed by atoms with van der Waals surface area (Å²) in [6.45, 7) is 2.11. The third-order valence-electron chi connectivity index (χ3n) is 3.78. The second-order valence-electron chi connectivity index (χ2n) is 5.97. The summed E-state index contributed by atoms with van der Waals surface area (Å²) in [5.41, 5.74) is 0. The molecule has 0 aliphatic rings. The molecule has 0 rings (SSSR count). The largest absolute Gasteiger partial charge is 0.478 e. The van der Waals surface area contributed by atoms with E-state index in [-0.39, 0.29) is 11.0 Å². The molecule has 0 spiro atoms. The zero-order valence-corrected chi connectivity index (χ0v) is 15.2. The molecule has 140 valence electrons. The number of rotatable bonds is 15. The number of nitro groups is 1. The number of hydrogen-bond donors (Lipinski definition) is 1. The molecule has 5 nitrogen and oxygen atoms in total. The maximum absolute atomic E-state index is 11.0. The van der Waals surface area contributed by atoms with Gasteiger partial charge in [0.1, 0.15) is 0 Å². The van der Waals surface area contributed by atoms with Crippen molar-refractivity contribution < 1.29 is 14.8 Å². The SMILES string of the molecule is CCCCCC(CCCCCC=CC=C/C=C/C=C\C(=O)O)[N+](=O)[O-]. The first kappa shape index (κ1) is 22.8. The normalized spacial score (nSPS) is 13.5. The van der Waals surface area contributed by atoms with Crippen LogP contribution < -0.4 is 0 Å². The third-order valence-corrected chi connectivity index (χ3v) is 3.78. The van der Waals surface area contributed by atoms with E-state index in [1.165, 1.54) is 6.08 Å². The van der Waals surface area contributed by atoms with Crippen LogP contribution in [0.5, 0.6) is 0 Å². The van der Waals surface area contributed by atoms with Gasteiger partial charge in [-0.25, -0.2) is 4.79 Å². The number of unbranched alkanes of at least 4 members (excludes halogenated alkanes) is 5. The predicted octanol–water partition coefficient (Wildman–Crippen LogP) is 5.47. The lowest BCUT2D eigenvalue weighted by Gasteiger charge is -2.08. The summed E-state index contributed by atoms with van der Waals surface area (Å²) < 4.78 is 0. The average molecular weight is 349 g/mol. The third kappa shape index (κ3) is 16.5. The van der Waals surface area contributed by atoms with E-state index in [0.29, 0.717) is 12.8 Å². The molecular formula is C20H31NO4. The summed E-state index contributed by atoms with van der Waals surface area (Å²) >= 11 is 0. The number of hydrogen-bond acceptors (Lipinski definition) is 3. The lowest BCUT2D eigenvalue weighted by molar-refractivity contribution is -0.524. The lowest BCUT2D eigenvalue weighted by Crippen LogP contribution is -2.19. The fourth-order valence-corrected chi connectivity index (χ4v) is 2.37. The first-order valence-corrected chi connectivity index (χ1v) is 9.10. The van der Waals surface area contributed by atoms with Gasteiger partial charge in [-0.2, -0.15) is 0 Å². The van der Waals surface area contributed by atoms with Crippen molar-refractivity contribution in [2.45, 2.75) is 70.8 Å². The minimum absolute atomic E-state index is 0.112. The molecule has 5 heteroatoms. The van der Waals surface area contributed by atoms with Gasteiger partial charge in [0.15, 0.2) is 0 Å². The maximum atomic E-state index is 11.0. The van der Waals surface area contributed by atoms with Crippen LogP contribution in [0.2, 0.25) is 0 Å². The van der Waals surface area contributed by atoms with Crippen molar-refractivity contribution >= 4 is 5.97 Å². The zero-order valence-electron chi connectivity index (χ0n) is 15.2. The van der Waals surface area contributed by atoms with Crippen LogP contribution in [-0.2, 0) is 4.79 Å². The van der Waals surface area contributed by atoms with Crippen LogP contribution in [0, 0.1) is 10.1 Å². The Labute approximate surface area is 151 Å². The molecule has 0 aliphatic heterocycles. The number of carboxylic acids is 1. The van der Waals surface area contributed by atoms with Gasteiger partial charge in [0, 0.05) is 23.8 Å². The minimum atomic E-state index is -0.959. The maximum Gasteiger partial charge on any atom is 0.328 e. The number of nitrogens with zero attached hydrogens (tertiary/aromatic N) is 1. The molecule has 1 N–H and O–H groups in total. The van der Waals surface area contributed by atoms with Gasteiger partial charge in [0.25, 0.3) is 0 Å². The molecule has 0 aliphatic carbocycles. The highest BCUT2D eigenvalue weighted by Gasteiger charge is 2.18. The van der Waals surface area contributed by atoms with E-state index >= 15 is 0 Å². The summed E-state index contributed by atoms with van der Waals surface area (Å²) in [5.74, 6) is -0.959. The quantitative estimate of drug-likeness (QED) is 0.140. The van der Waals surface area contributed by atoms with Gasteiger partial charge in [-0.15, -0.1) is 0 Å². The van der Waals surface area contributed by atoms with Gasteiger partial charge in [-0.1, -0.05) is 68.7 Å². The van der Waals surface area contributed by atoms with Crippen molar-refractivity contribution in [3.63, 3.8) is 0 Å². The standard InChI is InChI=1S/C20H31NO4/c1-2-3-13-16-19(21(24)25)17-14-11-9-7-5-4-6-8-10-12-15-18-20(22)23/h4-6,8,10,12,15,18-19H,2-3,7,9,11,13-14,16-17H2,1H3,(H,22,23)/b5-4?,8-6?,12-10+,18-15-. The van der Waals surface area contributed by atoms with Crippen LogP contribution in [0.1, 0.15) is 64.7 Å². The average Bonchev–Trinajstić information content (AvgIpc) is 2.56. The summed E-state index contributed by atoms with van der Waals surface area (Å²) in [6, 6.07) is -0.369. The van der Waals surface area contributed by atoms with Crippen LogP contribution >= 0.6 is 0 Å². The van der Waals surface area contributed by atoms with Crippen LogP contribution in [0.3, 0.4) is 0 Å². The van der Waals surface area contributed by atoms with Crippen LogP contribution in [0.15, 0.2) is 48.6 Å². The van der Waals surface area contributed by atoms with Gasteiger partial charge < -0.3 is 5.11 Å². The molecule has 0 aromatic carbocycles. The Morgan fingerprint density at radius 2 is 1.56 bits per heavy atom. The highest BCUT2D eigenvalue weighted by atomic mass is 16.6. The van der Waals surface area contributed by atoms with Crippen molar-refractivity contribution in [3.8, 4) is 0 Å². The highest BCUT2D eigenvalue weighted by Crippen LogP contribution is 2.14. The van der Waals surface area contributed by atoms with Crippen molar-refractivity contribution in [1.29, 1.82) is 0 Å². The zero-order chi connectivity index (χ0) is 18.8. The van der Waals surface area contributed by atoms with Gasteiger partial charge in [0.05, 0.1) is 0 Å². The molecular weight excluding hydrogens is 318 g/mol. The topological polar surface area (TPSA) is 80.4 Å². The van der Waals surface area contributed by atoms with E-state index in [0.717, 1.165) is 51.0 Å². The van der Waals surface area contributed by atoms with Gasteiger partial charge in [-0.3, -0.25) is 10.1 Å². The van der Waals surface area contributed by atoms with E-state index in [9.17, 15) is 14.9 Å². The summed E-state index contributed by atoms with van der Waals surface area (Å²) in [5, 5.41) is 19.4. The highest BCUT2D eigenvalue weighted by molar-refractivity contribution is 5.80. The number of carboxylic acid groups (broad SMARTS) is 1. The monoisotopic (exact) mass is 349 g/mol. The van der Waals surface area contributed by atoms with Crippen LogP contribution in [-0.4, -0.2) is 22.0 Å². The molecule has 1 unspecified atom stereocenters. The Morgan fingerprint density at radius 1 is 0.960 bits per heavy atom. The Morgan fingerprint density at radius 3 is 2.16 bits per heavy atom. The summed E-state index contributed by atoms with van der Waals surface area (Å²) in [7, 11) is 0. The molecule has 0 saturated heterocycles.